The molecule has 2 aromatic rings. The molecule has 0 aromatic heterocycles. The molecule has 0 aliphatic carbocycles. The Labute approximate surface area is 121 Å². The number of halogens is 2. The zero-order valence-corrected chi connectivity index (χ0v) is 11.7. The van der Waals surface area contributed by atoms with Crippen LogP contribution in [0.1, 0.15) is 17.3 Å². The Bertz CT molecular complexity index is 646. The third-order valence-electron chi connectivity index (χ3n) is 2.96. The fraction of sp³-hybridized carbons (Fsp3) is 0.133. The van der Waals surface area contributed by atoms with Crippen LogP contribution in [0.15, 0.2) is 42.5 Å². The summed E-state index contributed by atoms with van der Waals surface area (Å²) in [5.41, 5.74) is 6.85. The largest absolute Gasteiger partial charge is 0.397 e. The molecule has 2 N–H and O–H groups in total. The predicted octanol–water partition coefficient (Wildman–Crippen LogP) is 3.73. The number of hydrogen-bond acceptors (Lipinski definition) is 2. The monoisotopic (exact) mass is 292 g/mol. The van der Waals surface area contributed by atoms with Crippen LogP contribution in [0.3, 0.4) is 0 Å². The van der Waals surface area contributed by atoms with E-state index in [1.54, 1.807) is 30.3 Å². The number of nitrogens with zero attached hydrogens (tertiary/aromatic N) is 1. The van der Waals surface area contributed by atoms with Crippen LogP contribution in [-0.2, 0) is 0 Å². The molecule has 0 unspecified atom stereocenters. The molecule has 0 radical (unpaired) electrons. The SMILES string of the molecule is CCN(C(=O)c1cccc(Cl)c1N)c1cccc(F)c1. The zero-order valence-electron chi connectivity index (χ0n) is 10.9. The Morgan fingerprint density at radius 3 is 2.65 bits per heavy atom. The first kappa shape index (κ1) is 14.3. The lowest BCUT2D eigenvalue weighted by Crippen LogP contribution is -2.31. The molecule has 3 nitrogen and oxygen atoms in total. The third-order valence-corrected chi connectivity index (χ3v) is 3.29. The van der Waals surface area contributed by atoms with E-state index in [2.05, 4.69) is 0 Å². The molecule has 0 saturated heterocycles. The molecule has 0 heterocycles. The lowest BCUT2D eigenvalue weighted by molar-refractivity contribution is 0.0989. The average molecular weight is 293 g/mol. The number of carbonyl (C=O) groups is 1. The molecule has 2 aromatic carbocycles. The van der Waals surface area contributed by atoms with Crippen LogP contribution in [0, 0.1) is 5.82 Å². The van der Waals surface area contributed by atoms with Gasteiger partial charge in [-0.15, -0.1) is 0 Å². The van der Waals surface area contributed by atoms with Gasteiger partial charge in [0.05, 0.1) is 16.3 Å². The van der Waals surface area contributed by atoms with Crippen LogP contribution in [0.25, 0.3) is 0 Å². The molecule has 0 aliphatic heterocycles. The molecule has 20 heavy (non-hydrogen) atoms. The van der Waals surface area contributed by atoms with Gasteiger partial charge in [-0.25, -0.2) is 4.39 Å². The Morgan fingerprint density at radius 1 is 1.30 bits per heavy atom. The summed E-state index contributed by atoms with van der Waals surface area (Å²) in [7, 11) is 0. The van der Waals surface area contributed by atoms with E-state index in [0.29, 0.717) is 22.8 Å². The van der Waals surface area contributed by atoms with Gasteiger partial charge in [0, 0.05) is 12.2 Å². The Kier molecular flexibility index (Phi) is 4.25. The normalized spacial score (nSPS) is 10.3. The summed E-state index contributed by atoms with van der Waals surface area (Å²) in [6.45, 7) is 2.21. The second-order valence-corrected chi connectivity index (χ2v) is 4.64. The van der Waals surface area contributed by atoms with Crippen molar-refractivity contribution in [2.24, 2.45) is 0 Å². The summed E-state index contributed by atoms with van der Waals surface area (Å²) in [6, 6.07) is 10.7. The van der Waals surface area contributed by atoms with Crippen molar-refractivity contribution in [2.75, 3.05) is 17.2 Å². The van der Waals surface area contributed by atoms with E-state index in [-0.39, 0.29) is 11.6 Å². The Hall–Kier alpha value is -2.07. The number of anilines is 2. The highest BCUT2D eigenvalue weighted by atomic mass is 35.5. The van der Waals surface area contributed by atoms with Crippen molar-refractivity contribution >= 4 is 28.9 Å². The first-order chi connectivity index (χ1) is 9.54. The second-order valence-electron chi connectivity index (χ2n) is 4.23. The number of rotatable bonds is 3. The summed E-state index contributed by atoms with van der Waals surface area (Å²) < 4.78 is 13.3. The van der Waals surface area contributed by atoms with E-state index >= 15 is 0 Å². The Morgan fingerprint density at radius 2 is 2.00 bits per heavy atom. The van der Waals surface area contributed by atoms with Gasteiger partial charge in [-0.3, -0.25) is 4.79 Å². The molecular weight excluding hydrogens is 279 g/mol. The van der Waals surface area contributed by atoms with Gasteiger partial charge in [-0.05, 0) is 37.3 Å². The lowest BCUT2D eigenvalue weighted by Gasteiger charge is -2.22. The highest BCUT2D eigenvalue weighted by Crippen LogP contribution is 2.26. The van der Waals surface area contributed by atoms with E-state index in [1.165, 1.54) is 17.0 Å². The van der Waals surface area contributed by atoms with Crippen LogP contribution >= 0.6 is 11.6 Å². The lowest BCUT2D eigenvalue weighted by atomic mass is 10.1. The smallest absolute Gasteiger partial charge is 0.260 e. The van der Waals surface area contributed by atoms with Gasteiger partial charge in [-0.2, -0.15) is 0 Å². The van der Waals surface area contributed by atoms with E-state index in [4.69, 9.17) is 17.3 Å². The standard InChI is InChI=1S/C15H14ClFN2O/c1-2-19(11-6-3-5-10(17)9-11)15(20)12-7-4-8-13(16)14(12)18/h3-9H,2,18H2,1H3. The predicted molar refractivity (Wildman–Crippen MR) is 79.6 cm³/mol. The van der Waals surface area contributed by atoms with Crippen molar-refractivity contribution in [1.82, 2.24) is 0 Å². The first-order valence-electron chi connectivity index (χ1n) is 6.16. The topological polar surface area (TPSA) is 46.3 Å². The highest BCUT2D eigenvalue weighted by molar-refractivity contribution is 6.34. The number of benzene rings is 2. The zero-order chi connectivity index (χ0) is 14.7. The van der Waals surface area contributed by atoms with Gasteiger partial charge < -0.3 is 10.6 Å². The minimum Gasteiger partial charge on any atom is -0.397 e. The summed E-state index contributed by atoms with van der Waals surface area (Å²) >= 11 is 5.92. The summed E-state index contributed by atoms with van der Waals surface area (Å²) in [4.78, 5) is 14.0. The maximum absolute atomic E-state index is 13.3. The number of hydrogen-bond donors (Lipinski definition) is 1. The molecule has 2 rings (SSSR count). The van der Waals surface area contributed by atoms with E-state index in [0.717, 1.165) is 0 Å². The molecule has 0 aliphatic rings. The van der Waals surface area contributed by atoms with Gasteiger partial charge >= 0.3 is 0 Å². The molecule has 0 atom stereocenters. The molecule has 104 valence electrons. The van der Waals surface area contributed by atoms with Gasteiger partial charge in [0.25, 0.3) is 5.91 Å². The number of para-hydroxylation sites is 1. The minimum atomic E-state index is -0.396. The molecular formula is C15H14ClFN2O. The van der Waals surface area contributed by atoms with Crippen molar-refractivity contribution in [3.05, 3.63) is 58.9 Å². The highest BCUT2D eigenvalue weighted by Gasteiger charge is 2.19. The van der Waals surface area contributed by atoms with Crippen molar-refractivity contribution < 1.29 is 9.18 Å². The molecule has 0 saturated carbocycles. The van der Waals surface area contributed by atoms with Gasteiger partial charge in [0.15, 0.2) is 0 Å². The van der Waals surface area contributed by atoms with Crippen LogP contribution in [-0.4, -0.2) is 12.5 Å². The second kappa shape index (κ2) is 5.92. The van der Waals surface area contributed by atoms with Crippen LogP contribution < -0.4 is 10.6 Å². The van der Waals surface area contributed by atoms with E-state index < -0.39 is 5.82 Å². The quantitative estimate of drug-likeness (QED) is 0.876. The molecule has 0 fully saturated rings. The summed E-state index contributed by atoms with van der Waals surface area (Å²) in [5, 5.41) is 0.325. The van der Waals surface area contributed by atoms with Crippen LogP contribution in [0.5, 0.6) is 0 Å². The fourth-order valence-electron chi connectivity index (χ4n) is 1.96. The molecule has 5 heteroatoms. The maximum atomic E-state index is 13.3. The van der Waals surface area contributed by atoms with Crippen LogP contribution in [0.2, 0.25) is 5.02 Å². The molecule has 0 bridgehead atoms. The van der Waals surface area contributed by atoms with Crippen LogP contribution in [0.4, 0.5) is 15.8 Å². The maximum Gasteiger partial charge on any atom is 0.260 e. The van der Waals surface area contributed by atoms with Gasteiger partial charge in [0.1, 0.15) is 5.82 Å². The van der Waals surface area contributed by atoms with E-state index in [1.807, 2.05) is 6.92 Å². The van der Waals surface area contributed by atoms with Gasteiger partial charge in [-0.1, -0.05) is 23.7 Å². The first-order valence-corrected chi connectivity index (χ1v) is 6.53. The van der Waals surface area contributed by atoms with Crippen molar-refractivity contribution in [3.63, 3.8) is 0 Å². The number of amides is 1. The van der Waals surface area contributed by atoms with Gasteiger partial charge in [0.2, 0.25) is 0 Å². The number of nitrogen functional groups attached to an aromatic ring is 1. The molecule has 1 amide bonds. The van der Waals surface area contributed by atoms with Crippen molar-refractivity contribution in [3.8, 4) is 0 Å². The summed E-state index contributed by atoms with van der Waals surface area (Å²) in [5.74, 6) is -0.703. The number of nitrogens with two attached hydrogens (primary N) is 1. The van der Waals surface area contributed by atoms with Crippen molar-refractivity contribution in [1.29, 1.82) is 0 Å². The Balaban J connectivity index is 2.42. The third kappa shape index (κ3) is 2.75. The fourth-order valence-corrected chi connectivity index (χ4v) is 2.13. The molecule has 0 spiro atoms. The number of carbonyl (C=O) groups excluding carboxylic acids is 1. The summed E-state index contributed by atoms with van der Waals surface area (Å²) in [6.07, 6.45) is 0. The van der Waals surface area contributed by atoms with E-state index in [9.17, 15) is 9.18 Å². The average Bonchev–Trinajstić information content (AvgIpc) is 2.42. The minimum absolute atomic E-state index is 0.231. The van der Waals surface area contributed by atoms with Crippen molar-refractivity contribution in [2.45, 2.75) is 6.92 Å².